The smallest absolute Gasteiger partial charge is 0.307 e. The molecule has 0 saturated carbocycles. The van der Waals surface area contributed by atoms with E-state index >= 15 is 0 Å². The number of aryl methyl sites for hydroxylation is 1. The molecule has 7 heteroatoms. The third kappa shape index (κ3) is 4.15. The fourth-order valence-electron chi connectivity index (χ4n) is 4.17. The van der Waals surface area contributed by atoms with Gasteiger partial charge in [-0.1, -0.05) is 42.5 Å². The number of rotatable bonds is 6. The molecule has 1 aliphatic heterocycles. The molecular formula is C27H23NO6. The van der Waals surface area contributed by atoms with Gasteiger partial charge in [0.25, 0.3) is 11.7 Å². The van der Waals surface area contributed by atoms with E-state index in [0.29, 0.717) is 33.7 Å². The van der Waals surface area contributed by atoms with Crippen molar-refractivity contribution in [2.45, 2.75) is 19.4 Å². The summed E-state index contributed by atoms with van der Waals surface area (Å²) in [6.07, 6.45) is -0.155. The molecule has 1 amide bonds. The number of Topliss-reactive ketones (excluding diaryl/α,β-unsaturated/α-hetero) is 1. The van der Waals surface area contributed by atoms with Crippen molar-refractivity contribution in [2.24, 2.45) is 0 Å². The zero-order valence-electron chi connectivity index (χ0n) is 18.7. The molecule has 0 aliphatic carbocycles. The van der Waals surface area contributed by atoms with Gasteiger partial charge in [-0.05, 0) is 53.9 Å². The monoisotopic (exact) mass is 457 g/mol. The first-order valence-corrected chi connectivity index (χ1v) is 10.6. The summed E-state index contributed by atoms with van der Waals surface area (Å²) >= 11 is 0. The molecule has 172 valence electrons. The van der Waals surface area contributed by atoms with Crippen LogP contribution in [0.25, 0.3) is 5.76 Å². The Hall–Kier alpha value is -4.39. The van der Waals surface area contributed by atoms with Gasteiger partial charge in [0.1, 0.15) is 11.5 Å². The molecule has 1 fully saturated rings. The van der Waals surface area contributed by atoms with Crippen LogP contribution in [0.2, 0.25) is 0 Å². The second-order valence-electron chi connectivity index (χ2n) is 8.00. The number of carbonyl (C=O) groups is 3. The highest BCUT2D eigenvalue weighted by molar-refractivity contribution is 6.51. The van der Waals surface area contributed by atoms with E-state index in [9.17, 15) is 19.5 Å². The largest absolute Gasteiger partial charge is 0.507 e. The number of aliphatic hydroxyl groups is 1. The average molecular weight is 457 g/mol. The number of methoxy groups -OCH3 is 1. The zero-order chi connectivity index (χ0) is 24.4. The molecule has 1 aliphatic rings. The van der Waals surface area contributed by atoms with Crippen molar-refractivity contribution in [3.05, 3.63) is 101 Å². The van der Waals surface area contributed by atoms with Crippen molar-refractivity contribution in [3.63, 3.8) is 0 Å². The van der Waals surface area contributed by atoms with Gasteiger partial charge >= 0.3 is 5.97 Å². The molecular weight excluding hydrogens is 434 g/mol. The van der Waals surface area contributed by atoms with Crippen LogP contribution in [0.1, 0.15) is 28.3 Å². The van der Waals surface area contributed by atoms with Crippen molar-refractivity contribution in [2.75, 3.05) is 12.0 Å². The first-order chi connectivity index (χ1) is 16.3. The Labute approximate surface area is 196 Å². The summed E-state index contributed by atoms with van der Waals surface area (Å²) in [5, 5.41) is 20.3. The minimum absolute atomic E-state index is 0.0147. The highest BCUT2D eigenvalue weighted by Gasteiger charge is 2.47. The van der Waals surface area contributed by atoms with E-state index in [1.807, 2.05) is 6.07 Å². The van der Waals surface area contributed by atoms with Crippen molar-refractivity contribution in [1.82, 2.24) is 0 Å². The highest BCUT2D eigenvalue weighted by Crippen LogP contribution is 2.42. The van der Waals surface area contributed by atoms with Gasteiger partial charge in [-0.2, -0.15) is 0 Å². The fraction of sp³-hybridized carbons (Fsp3) is 0.148. The van der Waals surface area contributed by atoms with Crippen molar-refractivity contribution < 1.29 is 29.3 Å². The summed E-state index contributed by atoms with van der Waals surface area (Å²) < 4.78 is 5.23. The minimum Gasteiger partial charge on any atom is -0.507 e. The maximum atomic E-state index is 13.2. The van der Waals surface area contributed by atoms with Crippen LogP contribution in [0, 0.1) is 6.92 Å². The number of benzene rings is 3. The number of carboxylic acids is 1. The normalized spacial score (nSPS) is 17.1. The minimum atomic E-state index is -0.965. The Morgan fingerprint density at radius 2 is 1.65 bits per heavy atom. The highest BCUT2D eigenvalue weighted by atomic mass is 16.5. The van der Waals surface area contributed by atoms with Gasteiger partial charge in [0.15, 0.2) is 0 Å². The van der Waals surface area contributed by atoms with Crippen LogP contribution in [0.4, 0.5) is 5.69 Å². The zero-order valence-corrected chi connectivity index (χ0v) is 18.7. The molecule has 0 spiro atoms. The molecule has 0 radical (unpaired) electrons. The van der Waals surface area contributed by atoms with E-state index in [2.05, 4.69) is 0 Å². The molecule has 1 unspecified atom stereocenters. The number of nitrogens with zero attached hydrogens (tertiary/aromatic N) is 1. The third-order valence-corrected chi connectivity index (χ3v) is 5.82. The molecule has 0 aromatic heterocycles. The van der Waals surface area contributed by atoms with Crippen LogP contribution < -0.4 is 9.64 Å². The molecule has 0 bridgehead atoms. The summed E-state index contributed by atoms with van der Waals surface area (Å²) in [4.78, 5) is 38.8. The number of aliphatic carboxylic acids is 1. The molecule has 7 nitrogen and oxygen atoms in total. The third-order valence-electron chi connectivity index (χ3n) is 5.82. The van der Waals surface area contributed by atoms with Crippen LogP contribution in [-0.2, 0) is 20.8 Å². The molecule has 2 N–H and O–H groups in total. The van der Waals surface area contributed by atoms with Crippen molar-refractivity contribution >= 4 is 29.1 Å². The van der Waals surface area contributed by atoms with Gasteiger partial charge in [0, 0.05) is 11.3 Å². The number of anilines is 1. The van der Waals surface area contributed by atoms with Gasteiger partial charge in [0.2, 0.25) is 0 Å². The Kier molecular flexibility index (Phi) is 6.19. The van der Waals surface area contributed by atoms with E-state index < -0.39 is 23.7 Å². The summed E-state index contributed by atoms with van der Waals surface area (Å²) in [5.41, 5.74) is 2.75. The molecule has 4 rings (SSSR count). The standard InChI is InChI=1S/C27H23NO6/c1-16-14-20(34-2)12-13-21(16)25(31)23-24(18-6-4-3-5-7-18)28(27(33)26(23)32)19-10-8-17(9-11-19)15-22(29)30/h3-14,24,31H,15H2,1-2H3,(H,29,30)/b25-23-. The van der Waals surface area contributed by atoms with Crippen molar-refractivity contribution in [1.29, 1.82) is 0 Å². The predicted octanol–water partition coefficient (Wildman–Crippen LogP) is 4.26. The quantitative estimate of drug-likeness (QED) is 0.326. The van der Waals surface area contributed by atoms with Gasteiger partial charge in [-0.25, -0.2) is 0 Å². The van der Waals surface area contributed by atoms with E-state index in [-0.39, 0.29) is 17.8 Å². The van der Waals surface area contributed by atoms with Crippen LogP contribution >= 0.6 is 0 Å². The first-order valence-electron chi connectivity index (χ1n) is 10.6. The van der Waals surface area contributed by atoms with Gasteiger partial charge in [-0.15, -0.1) is 0 Å². The van der Waals surface area contributed by atoms with E-state index in [1.54, 1.807) is 73.7 Å². The van der Waals surface area contributed by atoms with Crippen LogP contribution in [0.15, 0.2) is 78.4 Å². The lowest BCUT2D eigenvalue weighted by Crippen LogP contribution is -2.29. The molecule has 1 atom stereocenters. The molecule has 1 saturated heterocycles. The lowest BCUT2D eigenvalue weighted by atomic mass is 9.93. The summed E-state index contributed by atoms with van der Waals surface area (Å²) in [5.74, 6) is -2.19. The SMILES string of the molecule is COc1ccc(/C(O)=C2/C(=O)C(=O)N(c3ccc(CC(=O)O)cc3)C2c2ccccc2)c(C)c1. The maximum Gasteiger partial charge on any atom is 0.307 e. The van der Waals surface area contributed by atoms with Gasteiger partial charge in [0.05, 0.1) is 25.1 Å². The first kappa shape index (κ1) is 22.8. The van der Waals surface area contributed by atoms with Gasteiger partial charge in [-0.3, -0.25) is 19.3 Å². The van der Waals surface area contributed by atoms with Crippen LogP contribution in [-0.4, -0.2) is 35.0 Å². The van der Waals surface area contributed by atoms with Crippen LogP contribution in [0.5, 0.6) is 5.75 Å². The molecule has 1 heterocycles. The number of hydrogen-bond donors (Lipinski definition) is 2. The van der Waals surface area contributed by atoms with Gasteiger partial charge < -0.3 is 14.9 Å². The molecule has 3 aromatic rings. The number of aliphatic hydroxyl groups excluding tert-OH is 1. The Morgan fingerprint density at radius 1 is 0.971 bits per heavy atom. The lowest BCUT2D eigenvalue weighted by Gasteiger charge is -2.25. The Morgan fingerprint density at radius 3 is 2.24 bits per heavy atom. The summed E-state index contributed by atoms with van der Waals surface area (Å²) in [7, 11) is 1.54. The lowest BCUT2D eigenvalue weighted by molar-refractivity contribution is -0.136. The average Bonchev–Trinajstić information content (AvgIpc) is 3.09. The number of ether oxygens (including phenoxy) is 1. The van der Waals surface area contributed by atoms with Crippen molar-refractivity contribution in [3.8, 4) is 5.75 Å². The molecule has 3 aromatic carbocycles. The molecule has 34 heavy (non-hydrogen) atoms. The van der Waals surface area contributed by atoms with Crippen LogP contribution in [0.3, 0.4) is 0 Å². The number of amides is 1. The number of hydrogen-bond acceptors (Lipinski definition) is 5. The second-order valence-corrected chi connectivity index (χ2v) is 8.00. The Balaban J connectivity index is 1.87. The number of ketones is 1. The fourth-order valence-corrected chi connectivity index (χ4v) is 4.17. The Bertz CT molecular complexity index is 1290. The number of carboxylic acid groups (broad SMARTS) is 1. The summed E-state index contributed by atoms with van der Waals surface area (Å²) in [6.45, 7) is 1.78. The number of carbonyl (C=O) groups excluding carboxylic acids is 2. The topological polar surface area (TPSA) is 104 Å². The van der Waals surface area contributed by atoms with E-state index in [0.717, 1.165) is 0 Å². The van der Waals surface area contributed by atoms with E-state index in [1.165, 1.54) is 12.0 Å². The summed E-state index contributed by atoms with van der Waals surface area (Å²) in [6, 6.07) is 19.6. The maximum absolute atomic E-state index is 13.2. The second kappa shape index (κ2) is 9.23. The van der Waals surface area contributed by atoms with E-state index in [4.69, 9.17) is 9.84 Å². The predicted molar refractivity (Wildman–Crippen MR) is 127 cm³/mol.